The molecule has 0 aromatic heterocycles. The summed E-state index contributed by atoms with van der Waals surface area (Å²) in [5, 5.41) is 0.426. The molecule has 65 valence electrons. The van der Waals surface area contributed by atoms with Crippen LogP contribution in [0.2, 0.25) is 0 Å². The number of hydrogen-bond donors (Lipinski definition) is 0. The van der Waals surface area contributed by atoms with Crippen molar-refractivity contribution in [3.63, 3.8) is 0 Å². The van der Waals surface area contributed by atoms with Crippen LogP contribution in [0.25, 0.3) is 0 Å². The summed E-state index contributed by atoms with van der Waals surface area (Å²) < 4.78 is 0. The average Bonchev–Trinajstić information content (AvgIpc) is 2.31. The molecule has 1 radical (unpaired) electrons. The molecule has 0 bridgehead atoms. The largest absolute Gasteiger partial charge is 0.121 e. The van der Waals surface area contributed by atoms with Crippen molar-refractivity contribution in [2.75, 3.05) is 0 Å². The molecular formula is C9H15Cl2. The van der Waals surface area contributed by atoms with Gasteiger partial charge < -0.3 is 0 Å². The van der Waals surface area contributed by atoms with E-state index in [0.717, 1.165) is 12.8 Å². The average molecular weight is 194 g/mol. The number of halogens is 2. The molecule has 1 aliphatic rings. The Morgan fingerprint density at radius 2 is 2.00 bits per heavy atom. The molecule has 0 N–H and O–H groups in total. The van der Waals surface area contributed by atoms with E-state index in [0.29, 0.717) is 5.92 Å². The highest BCUT2D eigenvalue weighted by Gasteiger charge is 2.32. The van der Waals surface area contributed by atoms with Crippen LogP contribution in [0.4, 0.5) is 0 Å². The van der Waals surface area contributed by atoms with Gasteiger partial charge in [0.25, 0.3) is 0 Å². The third kappa shape index (κ3) is 2.52. The lowest BCUT2D eigenvalue weighted by atomic mass is 10.0. The lowest BCUT2D eigenvalue weighted by Gasteiger charge is -2.13. The minimum absolute atomic E-state index is 0.211. The minimum atomic E-state index is 0.211. The van der Waals surface area contributed by atoms with Crippen LogP contribution in [0.15, 0.2) is 0 Å². The van der Waals surface area contributed by atoms with E-state index in [4.69, 9.17) is 23.2 Å². The van der Waals surface area contributed by atoms with Gasteiger partial charge in [-0.1, -0.05) is 19.8 Å². The fourth-order valence-corrected chi connectivity index (χ4v) is 2.41. The Balaban J connectivity index is 2.24. The second-order valence-electron chi connectivity index (χ2n) is 3.29. The Morgan fingerprint density at radius 3 is 2.45 bits per heavy atom. The molecule has 0 spiro atoms. The van der Waals surface area contributed by atoms with Crippen molar-refractivity contribution in [1.82, 2.24) is 0 Å². The Hall–Kier alpha value is 0.580. The first-order valence-corrected chi connectivity index (χ1v) is 5.20. The van der Waals surface area contributed by atoms with Gasteiger partial charge >= 0.3 is 0 Å². The van der Waals surface area contributed by atoms with E-state index >= 15 is 0 Å². The highest BCUT2D eigenvalue weighted by atomic mass is 35.5. The van der Waals surface area contributed by atoms with Gasteiger partial charge in [-0.3, -0.25) is 0 Å². The van der Waals surface area contributed by atoms with Gasteiger partial charge in [-0.25, -0.2) is 0 Å². The van der Waals surface area contributed by atoms with E-state index < -0.39 is 0 Å². The molecule has 1 saturated carbocycles. The second kappa shape index (κ2) is 4.57. The Labute approximate surface area is 79.3 Å². The van der Waals surface area contributed by atoms with Gasteiger partial charge in [-0.15, -0.1) is 23.2 Å². The molecule has 3 atom stereocenters. The van der Waals surface area contributed by atoms with Crippen molar-refractivity contribution in [3.8, 4) is 0 Å². The molecule has 0 aromatic carbocycles. The van der Waals surface area contributed by atoms with Crippen LogP contribution in [0.1, 0.15) is 32.1 Å². The van der Waals surface area contributed by atoms with E-state index in [-0.39, 0.29) is 10.8 Å². The first-order valence-electron chi connectivity index (χ1n) is 4.33. The van der Waals surface area contributed by atoms with E-state index in [2.05, 4.69) is 6.92 Å². The van der Waals surface area contributed by atoms with Gasteiger partial charge in [0.15, 0.2) is 0 Å². The predicted molar refractivity (Wildman–Crippen MR) is 51.2 cm³/mol. The number of hydrogen-bond acceptors (Lipinski definition) is 0. The third-order valence-electron chi connectivity index (χ3n) is 2.43. The minimum Gasteiger partial charge on any atom is -0.121 e. The van der Waals surface area contributed by atoms with Crippen LogP contribution in [-0.2, 0) is 0 Å². The summed E-state index contributed by atoms with van der Waals surface area (Å²) in [6.45, 7) is 3.81. The van der Waals surface area contributed by atoms with Crippen LogP contribution < -0.4 is 0 Å². The molecule has 0 aromatic rings. The molecule has 1 rings (SSSR count). The van der Waals surface area contributed by atoms with Crippen molar-refractivity contribution in [1.29, 1.82) is 0 Å². The van der Waals surface area contributed by atoms with Crippen LogP contribution in [-0.4, -0.2) is 10.8 Å². The zero-order valence-electron chi connectivity index (χ0n) is 6.73. The van der Waals surface area contributed by atoms with Gasteiger partial charge in [-0.05, 0) is 25.2 Å². The molecule has 0 aliphatic heterocycles. The van der Waals surface area contributed by atoms with Gasteiger partial charge in [0, 0.05) is 0 Å². The summed E-state index contributed by atoms with van der Waals surface area (Å²) in [7, 11) is 0. The molecule has 2 heteroatoms. The summed E-state index contributed by atoms with van der Waals surface area (Å²) in [6, 6.07) is 0. The fourth-order valence-electron chi connectivity index (χ4n) is 1.70. The van der Waals surface area contributed by atoms with Gasteiger partial charge in [-0.2, -0.15) is 0 Å². The molecule has 1 aliphatic carbocycles. The SMILES string of the molecule is [CH2]CCCC1CCC(Cl)C1Cl. The highest BCUT2D eigenvalue weighted by Crippen LogP contribution is 2.36. The van der Waals surface area contributed by atoms with Crippen molar-refractivity contribution in [2.24, 2.45) is 5.92 Å². The quantitative estimate of drug-likeness (QED) is 0.602. The molecule has 0 amide bonds. The predicted octanol–water partition coefficient (Wildman–Crippen LogP) is 3.62. The van der Waals surface area contributed by atoms with E-state index in [1.807, 2.05) is 0 Å². The van der Waals surface area contributed by atoms with Gasteiger partial charge in [0.05, 0.1) is 10.8 Å². The summed E-state index contributed by atoms with van der Waals surface area (Å²) in [6.07, 6.45) is 5.73. The maximum Gasteiger partial charge on any atom is 0.0527 e. The fraction of sp³-hybridized carbons (Fsp3) is 0.889. The smallest absolute Gasteiger partial charge is 0.0527 e. The normalized spacial score (nSPS) is 37.9. The summed E-state index contributed by atoms with van der Waals surface area (Å²) in [5.41, 5.74) is 0. The summed E-state index contributed by atoms with van der Waals surface area (Å²) >= 11 is 12.1. The third-order valence-corrected chi connectivity index (χ3v) is 3.71. The zero-order valence-corrected chi connectivity index (χ0v) is 8.24. The van der Waals surface area contributed by atoms with E-state index in [1.54, 1.807) is 0 Å². The first-order chi connectivity index (χ1) is 5.25. The highest BCUT2D eigenvalue weighted by molar-refractivity contribution is 6.30. The standard InChI is InChI=1S/C9H15Cl2/c1-2-3-4-7-5-6-8(10)9(7)11/h7-9H,1-6H2. The molecule has 3 unspecified atom stereocenters. The van der Waals surface area contributed by atoms with Gasteiger partial charge in [0.1, 0.15) is 0 Å². The second-order valence-corrected chi connectivity index (χ2v) is 4.36. The molecule has 0 saturated heterocycles. The summed E-state index contributed by atoms with van der Waals surface area (Å²) in [4.78, 5) is 0. The first kappa shape index (κ1) is 9.67. The Morgan fingerprint density at radius 1 is 1.27 bits per heavy atom. The molecule has 0 heterocycles. The van der Waals surface area contributed by atoms with Crippen molar-refractivity contribution < 1.29 is 0 Å². The topological polar surface area (TPSA) is 0 Å². The number of rotatable bonds is 3. The molecule has 0 nitrogen and oxygen atoms in total. The van der Waals surface area contributed by atoms with E-state index in [1.165, 1.54) is 19.3 Å². The Bertz CT molecular complexity index is 114. The van der Waals surface area contributed by atoms with Crippen LogP contribution in [0.3, 0.4) is 0 Å². The van der Waals surface area contributed by atoms with Crippen LogP contribution >= 0.6 is 23.2 Å². The number of unbranched alkanes of at least 4 members (excludes halogenated alkanes) is 1. The number of alkyl halides is 2. The van der Waals surface area contributed by atoms with Crippen LogP contribution in [0, 0.1) is 12.8 Å². The zero-order chi connectivity index (χ0) is 8.27. The molecular weight excluding hydrogens is 179 g/mol. The monoisotopic (exact) mass is 193 g/mol. The van der Waals surface area contributed by atoms with Gasteiger partial charge in [0.2, 0.25) is 0 Å². The maximum atomic E-state index is 6.11. The molecule has 11 heavy (non-hydrogen) atoms. The maximum absolute atomic E-state index is 6.11. The van der Waals surface area contributed by atoms with Crippen molar-refractivity contribution >= 4 is 23.2 Å². The lowest BCUT2D eigenvalue weighted by molar-refractivity contribution is 0.491. The lowest BCUT2D eigenvalue weighted by Crippen LogP contribution is -2.14. The van der Waals surface area contributed by atoms with Crippen LogP contribution in [0.5, 0.6) is 0 Å². The van der Waals surface area contributed by atoms with Crippen molar-refractivity contribution in [3.05, 3.63) is 6.92 Å². The Kier molecular flexibility index (Phi) is 4.01. The summed E-state index contributed by atoms with van der Waals surface area (Å²) in [5.74, 6) is 0.654. The molecule has 1 fully saturated rings. The van der Waals surface area contributed by atoms with E-state index in [9.17, 15) is 0 Å². The van der Waals surface area contributed by atoms with Crippen molar-refractivity contribution in [2.45, 2.75) is 42.9 Å².